The van der Waals surface area contributed by atoms with Crippen LogP contribution in [-0.4, -0.2) is 44.8 Å². The van der Waals surface area contributed by atoms with E-state index in [0.717, 1.165) is 22.6 Å². The van der Waals surface area contributed by atoms with E-state index in [1.165, 1.54) is 11.8 Å². The van der Waals surface area contributed by atoms with Gasteiger partial charge >= 0.3 is 0 Å². The van der Waals surface area contributed by atoms with Crippen molar-refractivity contribution in [3.8, 4) is 34.3 Å². The minimum atomic E-state index is -0.114. The van der Waals surface area contributed by atoms with Crippen molar-refractivity contribution in [1.82, 2.24) is 25.1 Å². The van der Waals surface area contributed by atoms with Crippen LogP contribution in [0.4, 0.5) is 0 Å². The van der Waals surface area contributed by atoms with Crippen molar-refractivity contribution < 1.29 is 19.0 Å². The lowest BCUT2D eigenvalue weighted by Crippen LogP contribution is -2.24. The summed E-state index contributed by atoms with van der Waals surface area (Å²) in [5.74, 6) is 2.91. The number of ether oxygens (including phenoxy) is 3. The Kier molecular flexibility index (Phi) is 6.80. The van der Waals surface area contributed by atoms with E-state index in [9.17, 15) is 4.79 Å². The van der Waals surface area contributed by atoms with Crippen LogP contribution in [0.1, 0.15) is 12.5 Å². The molecule has 0 unspecified atom stereocenters. The van der Waals surface area contributed by atoms with Crippen LogP contribution in [0.5, 0.6) is 17.2 Å². The molecule has 0 radical (unpaired) electrons. The molecule has 1 aliphatic rings. The standard InChI is InChI=1S/C25H23N5O4S/c1-2-32-20-8-6-19(7-9-20)30-24(18-4-3-11-26-14-18)28-29-25(30)35-15-23(31)27-13-17-5-10-21-22(12-17)34-16-33-21/h3-12,14H,2,13,15-16H2,1H3,(H,27,31). The second-order valence-corrected chi connectivity index (χ2v) is 8.51. The molecule has 3 heterocycles. The third kappa shape index (κ3) is 5.22. The van der Waals surface area contributed by atoms with E-state index in [1.807, 2.05) is 66.1 Å². The number of hydrogen-bond donors (Lipinski definition) is 1. The number of rotatable bonds is 9. The number of carbonyl (C=O) groups is 1. The van der Waals surface area contributed by atoms with Crippen LogP contribution < -0.4 is 19.5 Å². The zero-order chi connectivity index (χ0) is 24.0. The summed E-state index contributed by atoms with van der Waals surface area (Å²) < 4.78 is 18.2. The number of thioether (sulfide) groups is 1. The van der Waals surface area contributed by atoms with E-state index in [1.54, 1.807) is 12.4 Å². The minimum absolute atomic E-state index is 0.114. The normalized spacial score (nSPS) is 11.9. The molecule has 0 fully saturated rings. The molecule has 1 amide bonds. The van der Waals surface area contributed by atoms with Gasteiger partial charge in [0.2, 0.25) is 12.7 Å². The van der Waals surface area contributed by atoms with E-state index in [-0.39, 0.29) is 18.5 Å². The molecule has 35 heavy (non-hydrogen) atoms. The van der Waals surface area contributed by atoms with Gasteiger partial charge in [0, 0.05) is 30.2 Å². The second-order valence-electron chi connectivity index (χ2n) is 7.56. The summed E-state index contributed by atoms with van der Waals surface area (Å²) in [4.78, 5) is 16.8. The van der Waals surface area contributed by atoms with Crippen molar-refractivity contribution in [1.29, 1.82) is 0 Å². The van der Waals surface area contributed by atoms with Gasteiger partial charge in [0.15, 0.2) is 22.5 Å². The maximum atomic E-state index is 12.6. The summed E-state index contributed by atoms with van der Waals surface area (Å²) in [6, 6.07) is 17.1. The molecular weight excluding hydrogens is 466 g/mol. The molecule has 0 saturated carbocycles. The summed E-state index contributed by atoms with van der Waals surface area (Å²) in [6.45, 7) is 3.15. The molecule has 1 N–H and O–H groups in total. The van der Waals surface area contributed by atoms with Gasteiger partial charge < -0.3 is 19.5 Å². The number of fused-ring (bicyclic) bond motifs is 1. The van der Waals surface area contributed by atoms with E-state index < -0.39 is 0 Å². The lowest BCUT2D eigenvalue weighted by Gasteiger charge is -2.11. The first-order chi connectivity index (χ1) is 17.2. The monoisotopic (exact) mass is 489 g/mol. The topological polar surface area (TPSA) is 100 Å². The van der Waals surface area contributed by atoms with Crippen molar-refractivity contribution in [3.63, 3.8) is 0 Å². The third-order valence-corrected chi connectivity index (χ3v) is 6.15. The van der Waals surface area contributed by atoms with Crippen LogP contribution in [-0.2, 0) is 11.3 Å². The summed E-state index contributed by atoms with van der Waals surface area (Å²) in [5.41, 5.74) is 2.62. The molecule has 1 aliphatic heterocycles. The van der Waals surface area contributed by atoms with Crippen molar-refractivity contribution >= 4 is 17.7 Å². The molecule has 178 valence electrons. The highest BCUT2D eigenvalue weighted by molar-refractivity contribution is 7.99. The highest BCUT2D eigenvalue weighted by Gasteiger charge is 2.18. The quantitative estimate of drug-likeness (QED) is 0.354. The first-order valence-electron chi connectivity index (χ1n) is 11.1. The van der Waals surface area contributed by atoms with Gasteiger partial charge in [-0.25, -0.2) is 0 Å². The van der Waals surface area contributed by atoms with Crippen LogP contribution in [0.2, 0.25) is 0 Å². The fourth-order valence-corrected chi connectivity index (χ4v) is 4.35. The molecule has 4 aromatic rings. The summed E-state index contributed by atoms with van der Waals surface area (Å²) in [5, 5.41) is 12.3. The average molecular weight is 490 g/mol. The Morgan fingerprint density at radius 1 is 1.11 bits per heavy atom. The molecule has 0 aliphatic carbocycles. The van der Waals surface area contributed by atoms with Gasteiger partial charge in [-0.15, -0.1) is 10.2 Å². The lowest BCUT2D eigenvalue weighted by atomic mass is 10.2. The summed E-state index contributed by atoms with van der Waals surface area (Å²) in [6.07, 6.45) is 3.45. The van der Waals surface area contributed by atoms with Crippen LogP contribution in [0.25, 0.3) is 17.1 Å². The molecule has 0 atom stereocenters. The third-order valence-electron chi connectivity index (χ3n) is 5.22. The number of pyridine rings is 1. The fraction of sp³-hybridized carbons (Fsp3) is 0.200. The van der Waals surface area contributed by atoms with Crippen LogP contribution in [0.3, 0.4) is 0 Å². The molecule has 9 nitrogen and oxygen atoms in total. The molecule has 0 spiro atoms. The first-order valence-corrected chi connectivity index (χ1v) is 12.1. The predicted molar refractivity (Wildman–Crippen MR) is 131 cm³/mol. The molecule has 2 aromatic carbocycles. The minimum Gasteiger partial charge on any atom is -0.494 e. The zero-order valence-corrected chi connectivity index (χ0v) is 19.8. The summed E-state index contributed by atoms with van der Waals surface area (Å²) in [7, 11) is 0. The summed E-state index contributed by atoms with van der Waals surface area (Å²) >= 11 is 1.32. The van der Waals surface area contributed by atoms with Crippen molar-refractivity contribution in [3.05, 3.63) is 72.6 Å². The SMILES string of the molecule is CCOc1ccc(-n2c(SCC(=O)NCc3ccc4c(c3)OCO4)nnc2-c2cccnc2)cc1. The van der Waals surface area contributed by atoms with Gasteiger partial charge in [0.05, 0.1) is 12.4 Å². The van der Waals surface area contributed by atoms with Gasteiger partial charge in [-0.05, 0) is 61.0 Å². The van der Waals surface area contributed by atoms with Crippen molar-refractivity contribution in [2.75, 3.05) is 19.2 Å². The van der Waals surface area contributed by atoms with E-state index >= 15 is 0 Å². The maximum Gasteiger partial charge on any atom is 0.231 e. The number of nitrogens with zero attached hydrogens (tertiary/aromatic N) is 4. The highest BCUT2D eigenvalue weighted by Crippen LogP contribution is 2.32. The van der Waals surface area contributed by atoms with Gasteiger partial charge in [0.1, 0.15) is 5.75 Å². The fourth-order valence-electron chi connectivity index (χ4n) is 3.57. The van der Waals surface area contributed by atoms with Gasteiger partial charge in [-0.2, -0.15) is 0 Å². The Morgan fingerprint density at radius 3 is 2.77 bits per heavy atom. The van der Waals surface area contributed by atoms with E-state index in [4.69, 9.17) is 14.2 Å². The van der Waals surface area contributed by atoms with Crippen LogP contribution >= 0.6 is 11.8 Å². The molecule has 5 rings (SSSR count). The number of aromatic nitrogens is 4. The second kappa shape index (κ2) is 10.5. The zero-order valence-electron chi connectivity index (χ0n) is 19.0. The Bertz CT molecular complexity index is 1310. The number of amides is 1. The number of hydrogen-bond acceptors (Lipinski definition) is 8. The molecular formula is C25H23N5O4S. The Morgan fingerprint density at radius 2 is 1.97 bits per heavy atom. The Hall–Kier alpha value is -4.05. The molecule has 0 saturated heterocycles. The lowest BCUT2D eigenvalue weighted by molar-refractivity contribution is -0.118. The van der Waals surface area contributed by atoms with E-state index in [2.05, 4.69) is 20.5 Å². The Balaban J connectivity index is 1.30. The van der Waals surface area contributed by atoms with Gasteiger partial charge in [-0.3, -0.25) is 14.3 Å². The van der Waals surface area contributed by atoms with Crippen LogP contribution in [0, 0.1) is 0 Å². The maximum absolute atomic E-state index is 12.6. The van der Waals surface area contributed by atoms with Crippen molar-refractivity contribution in [2.24, 2.45) is 0 Å². The van der Waals surface area contributed by atoms with Gasteiger partial charge in [-0.1, -0.05) is 17.8 Å². The first kappa shape index (κ1) is 22.7. The number of benzene rings is 2. The van der Waals surface area contributed by atoms with Crippen LogP contribution in [0.15, 0.2) is 72.1 Å². The highest BCUT2D eigenvalue weighted by atomic mass is 32.2. The van der Waals surface area contributed by atoms with Gasteiger partial charge in [0.25, 0.3) is 0 Å². The smallest absolute Gasteiger partial charge is 0.231 e. The predicted octanol–water partition coefficient (Wildman–Crippen LogP) is 3.87. The largest absolute Gasteiger partial charge is 0.494 e. The average Bonchev–Trinajstić information content (AvgIpc) is 3.54. The number of nitrogens with one attached hydrogen (secondary N) is 1. The number of carbonyl (C=O) groups excluding carboxylic acids is 1. The molecule has 2 aromatic heterocycles. The Labute approximate surface area is 206 Å². The van der Waals surface area contributed by atoms with E-state index in [0.29, 0.717) is 35.6 Å². The molecule has 10 heteroatoms. The van der Waals surface area contributed by atoms with Crippen molar-refractivity contribution in [2.45, 2.75) is 18.6 Å². The molecule has 0 bridgehead atoms.